The predicted octanol–water partition coefficient (Wildman–Crippen LogP) is 9.93. The lowest BCUT2D eigenvalue weighted by Gasteiger charge is -2.37. The molecular formula is C48H32Si. The molecule has 1 heteroatoms. The molecule has 0 aromatic heterocycles. The minimum absolute atomic E-state index is 1.29. The molecule has 228 valence electrons. The van der Waals surface area contributed by atoms with Gasteiger partial charge in [0.1, 0.15) is 0 Å². The third-order valence-corrected chi connectivity index (χ3v) is 15.6. The Balaban J connectivity index is 1.42. The van der Waals surface area contributed by atoms with Gasteiger partial charge in [-0.25, -0.2) is 0 Å². The molecule has 10 rings (SSSR count). The summed E-state index contributed by atoms with van der Waals surface area (Å²) in [5.74, 6) is 0. The Morgan fingerprint density at radius 3 is 1.18 bits per heavy atom. The highest BCUT2D eigenvalue weighted by Gasteiger charge is 2.44. The lowest BCUT2D eigenvalue weighted by atomic mass is 9.86. The summed E-state index contributed by atoms with van der Waals surface area (Å²) >= 11 is 0. The molecule has 0 heterocycles. The van der Waals surface area contributed by atoms with Crippen molar-refractivity contribution >= 4 is 82.7 Å². The monoisotopic (exact) mass is 636 g/mol. The first-order valence-electron chi connectivity index (χ1n) is 17.1. The third-order valence-electron chi connectivity index (χ3n) is 10.7. The second-order valence-electron chi connectivity index (χ2n) is 13.2. The maximum Gasteiger partial charge on any atom is 0.180 e. The van der Waals surface area contributed by atoms with Crippen LogP contribution in [0.25, 0.3) is 65.0 Å². The van der Waals surface area contributed by atoms with Crippen molar-refractivity contribution in [2.24, 2.45) is 0 Å². The minimum atomic E-state index is -2.86. The van der Waals surface area contributed by atoms with Crippen LogP contribution in [0.15, 0.2) is 194 Å². The second-order valence-corrected chi connectivity index (χ2v) is 16.9. The smallest absolute Gasteiger partial charge is 0.0623 e. The fourth-order valence-electron chi connectivity index (χ4n) is 8.77. The molecule has 0 radical (unpaired) electrons. The van der Waals surface area contributed by atoms with Crippen LogP contribution in [0.4, 0.5) is 0 Å². The molecule has 10 aromatic carbocycles. The van der Waals surface area contributed by atoms with Crippen molar-refractivity contribution in [3.63, 3.8) is 0 Å². The summed E-state index contributed by atoms with van der Waals surface area (Å²) in [5, 5.41) is 18.7. The molecule has 0 amide bonds. The average Bonchev–Trinajstić information content (AvgIpc) is 3.18. The first-order chi connectivity index (χ1) is 24.3. The zero-order chi connectivity index (χ0) is 32.4. The molecule has 0 saturated carbocycles. The van der Waals surface area contributed by atoms with Gasteiger partial charge in [0.15, 0.2) is 8.07 Å². The van der Waals surface area contributed by atoms with E-state index in [1.54, 1.807) is 0 Å². The summed E-state index contributed by atoms with van der Waals surface area (Å²) in [5.41, 5.74) is 2.60. The molecule has 0 saturated heterocycles. The molecule has 0 aliphatic rings. The van der Waals surface area contributed by atoms with Crippen molar-refractivity contribution in [1.82, 2.24) is 0 Å². The normalized spacial score (nSPS) is 12.1. The molecule has 0 nitrogen and oxygen atoms in total. The molecular weight excluding hydrogens is 605 g/mol. The summed E-state index contributed by atoms with van der Waals surface area (Å²) in [6, 6.07) is 72.9. The molecule has 0 atom stereocenters. The van der Waals surface area contributed by atoms with Crippen LogP contribution >= 0.6 is 0 Å². The Kier molecular flexibility index (Phi) is 6.30. The van der Waals surface area contributed by atoms with Gasteiger partial charge in [-0.2, -0.15) is 0 Å². The molecule has 0 fully saturated rings. The van der Waals surface area contributed by atoms with Gasteiger partial charge in [0.25, 0.3) is 0 Å². The lowest BCUT2D eigenvalue weighted by molar-refractivity contribution is 1.68. The van der Waals surface area contributed by atoms with Crippen LogP contribution < -0.4 is 20.7 Å². The molecule has 0 N–H and O–H groups in total. The van der Waals surface area contributed by atoms with Gasteiger partial charge in [0.05, 0.1) is 0 Å². The van der Waals surface area contributed by atoms with Crippen LogP contribution in [0, 0.1) is 0 Å². The summed E-state index contributed by atoms with van der Waals surface area (Å²) < 4.78 is 0. The van der Waals surface area contributed by atoms with Crippen molar-refractivity contribution in [2.45, 2.75) is 0 Å². The molecule has 0 unspecified atom stereocenters. The number of fused-ring (bicyclic) bond motifs is 2. The van der Waals surface area contributed by atoms with Crippen LogP contribution in [0.2, 0.25) is 0 Å². The van der Waals surface area contributed by atoms with E-state index in [0.717, 1.165) is 0 Å². The van der Waals surface area contributed by atoms with Gasteiger partial charge in [-0.15, -0.1) is 0 Å². The highest BCUT2D eigenvalue weighted by Crippen LogP contribution is 2.43. The number of hydrogen-bond donors (Lipinski definition) is 0. The highest BCUT2D eigenvalue weighted by molar-refractivity contribution is 7.21. The van der Waals surface area contributed by atoms with E-state index in [-0.39, 0.29) is 0 Å². The summed E-state index contributed by atoms with van der Waals surface area (Å²) in [7, 11) is -2.86. The lowest BCUT2D eigenvalue weighted by Crippen LogP contribution is -2.75. The fraction of sp³-hybridized carbons (Fsp3) is 0. The zero-order valence-electron chi connectivity index (χ0n) is 27.0. The topological polar surface area (TPSA) is 0 Å². The molecule has 49 heavy (non-hydrogen) atoms. The number of hydrogen-bond acceptors (Lipinski definition) is 0. The van der Waals surface area contributed by atoms with Crippen LogP contribution in [-0.4, -0.2) is 8.07 Å². The number of rotatable bonds is 5. The predicted molar refractivity (Wildman–Crippen MR) is 214 cm³/mol. The van der Waals surface area contributed by atoms with E-state index in [0.29, 0.717) is 0 Å². The van der Waals surface area contributed by atoms with Gasteiger partial charge < -0.3 is 0 Å². The Morgan fingerprint density at radius 2 is 0.673 bits per heavy atom. The minimum Gasteiger partial charge on any atom is -0.0623 e. The first-order valence-corrected chi connectivity index (χ1v) is 19.1. The summed E-state index contributed by atoms with van der Waals surface area (Å²) in [4.78, 5) is 0. The van der Waals surface area contributed by atoms with Crippen molar-refractivity contribution in [3.05, 3.63) is 194 Å². The fourth-order valence-corrected chi connectivity index (χ4v) is 14.0. The van der Waals surface area contributed by atoms with Gasteiger partial charge >= 0.3 is 0 Å². The van der Waals surface area contributed by atoms with Crippen molar-refractivity contribution in [2.75, 3.05) is 0 Å². The van der Waals surface area contributed by atoms with Crippen molar-refractivity contribution in [1.29, 1.82) is 0 Å². The molecule has 0 aliphatic heterocycles. The number of benzene rings is 10. The van der Waals surface area contributed by atoms with E-state index in [9.17, 15) is 0 Å². The van der Waals surface area contributed by atoms with E-state index in [2.05, 4.69) is 194 Å². The van der Waals surface area contributed by atoms with Gasteiger partial charge in [-0.1, -0.05) is 194 Å². The van der Waals surface area contributed by atoms with E-state index in [4.69, 9.17) is 0 Å². The Hall–Kier alpha value is -6.02. The zero-order valence-corrected chi connectivity index (χ0v) is 28.0. The quantitative estimate of drug-likeness (QED) is 0.0764. The largest absolute Gasteiger partial charge is 0.180 e. The Morgan fingerprint density at radius 1 is 0.265 bits per heavy atom. The van der Waals surface area contributed by atoms with Gasteiger partial charge in [-0.05, 0) is 85.7 Å². The summed E-state index contributed by atoms with van der Waals surface area (Å²) in [6.07, 6.45) is 0. The Labute approximate surface area is 286 Å². The van der Waals surface area contributed by atoms with Crippen molar-refractivity contribution in [3.8, 4) is 11.1 Å². The van der Waals surface area contributed by atoms with E-state index in [1.807, 2.05) is 0 Å². The molecule has 0 aliphatic carbocycles. The van der Waals surface area contributed by atoms with Crippen LogP contribution in [0.5, 0.6) is 0 Å². The first kappa shape index (κ1) is 28.0. The second kappa shape index (κ2) is 11.0. The van der Waals surface area contributed by atoms with Crippen LogP contribution in [0.1, 0.15) is 0 Å². The standard InChI is InChI=1S/C48H32Si/c1-4-17-36(18-5-1)49(37-19-6-2-7-20-37,38-21-8-3-9-22-38)48-43-25-12-10-23-39(43)47(40-24-11-13-26-44(40)48)42-32-30-35-28-27-33-15-14-16-34-29-31-41(42)46(35)45(33)34/h1-32H. The van der Waals surface area contributed by atoms with Gasteiger partial charge in [-0.3, -0.25) is 0 Å². The molecule has 10 aromatic rings. The van der Waals surface area contributed by atoms with Crippen molar-refractivity contribution < 1.29 is 0 Å². The summed E-state index contributed by atoms with van der Waals surface area (Å²) in [6.45, 7) is 0. The van der Waals surface area contributed by atoms with Crippen LogP contribution in [-0.2, 0) is 0 Å². The molecule has 0 bridgehead atoms. The molecule has 0 spiro atoms. The SMILES string of the molecule is c1ccc([Si](c2ccccc2)(c2ccccc2)c2c3ccccc3c(-c3ccc4ccc5cccc6ccc3c4c56)c3ccccc23)cc1. The van der Waals surface area contributed by atoms with Crippen LogP contribution in [0.3, 0.4) is 0 Å². The maximum absolute atomic E-state index is 2.86. The van der Waals surface area contributed by atoms with Gasteiger partial charge in [0.2, 0.25) is 0 Å². The van der Waals surface area contributed by atoms with E-state index in [1.165, 1.54) is 85.7 Å². The average molecular weight is 637 g/mol. The third kappa shape index (κ3) is 4.03. The maximum atomic E-state index is 2.38. The van der Waals surface area contributed by atoms with Gasteiger partial charge in [0, 0.05) is 0 Å². The van der Waals surface area contributed by atoms with E-state index < -0.39 is 8.07 Å². The highest BCUT2D eigenvalue weighted by atomic mass is 28.3. The van der Waals surface area contributed by atoms with E-state index >= 15 is 0 Å². The Bertz CT molecular complexity index is 2630.